The van der Waals surface area contributed by atoms with Crippen LogP contribution < -0.4 is 5.32 Å². The highest BCUT2D eigenvalue weighted by Gasteiger charge is 2.20. The SMILES string of the molecule is CCCCCCCCC/C=C\CCCCCCCCCC(=O)OCCCCCCCCCCC/C=C\C/C=C\CCCCCCCCCCCCCCCCCCCC(=O)NC(CO)C(O)CCCCCCCCCCCCCCC. The van der Waals surface area contributed by atoms with Gasteiger partial charge in [-0.25, -0.2) is 0 Å². The second kappa shape index (κ2) is 70.6. The monoisotopic (exact) mass is 1140 g/mol. The van der Waals surface area contributed by atoms with E-state index in [0.717, 1.165) is 51.4 Å². The van der Waals surface area contributed by atoms with Gasteiger partial charge in [0, 0.05) is 12.8 Å². The fourth-order valence-electron chi connectivity index (χ4n) is 11.6. The van der Waals surface area contributed by atoms with Crippen LogP contribution in [0.5, 0.6) is 0 Å². The minimum absolute atomic E-state index is 0.0118. The summed E-state index contributed by atoms with van der Waals surface area (Å²) in [5, 5.41) is 23.3. The standard InChI is InChI=1S/C75H143NO5/c1-3-5-7-9-11-13-15-17-18-19-38-41-45-49-53-57-61-65-69-75(80)81-70-66-62-58-54-50-46-42-39-36-34-32-30-28-26-24-22-20-21-23-25-27-29-31-33-35-37-40-44-48-52-56-60-64-68-74(79)76-72(71-77)73(78)67-63-59-55-51-47-43-16-14-12-10-8-6-4-2/h18-19,24,26,30,32,72-73,77-78H,3-17,20-23,25,27-29,31,33-71H2,1-2H3,(H,76,79)/b19-18-,26-24-,32-30-. The number of ether oxygens (including phenoxy) is 1. The molecule has 0 fully saturated rings. The van der Waals surface area contributed by atoms with Gasteiger partial charge in [0.2, 0.25) is 5.91 Å². The zero-order valence-electron chi connectivity index (χ0n) is 54.8. The number of rotatable bonds is 69. The lowest BCUT2D eigenvalue weighted by atomic mass is 10.0. The number of carbonyl (C=O) groups is 2. The molecule has 6 heteroatoms. The van der Waals surface area contributed by atoms with Crippen molar-refractivity contribution in [1.82, 2.24) is 5.32 Å². The molecular weight excluding hydrogens is 995 g/mol. The van der Waals surface area contributed by atoms with E-state index in [1.54, 1.807) is 0 Å². The predicted octanol–water partition coefficient (Wildman–Crippen LogP) is 23.9. The zero-order chi connectivity index (χ0) is 58.5. The maximum absolute atomic E-state index is 12.5. The summed E-state index contributed by atoms with van der Waals surface area (Å²) in [6.45, 7) is 4.97. The van der Waals surface area contributed by atoms with Gasteiger partial charge >= 0.3 is 5.97 Å². The number of hydrogen-bond donors (Lipinski definition) is 3. The van der Waals surface area contributed by atoms with Crippen LogP contribution in [0, 0.1) is 0 Å². The maximum atomic E-state index is 12.5. The first-order valence-corrected chi connectivity index (χ1v) is 36.7. The maximum Gasteiger partial charge on any atom is 0.305 e. The molecule has 0 spiro atoms. The molecule has 0 rings (SSSR count). The molecule has 0 saturated heterocycles. The minimum Gasteiger partial charge on any atom is -0.466 e. The smallest absolute Gasteiger partial charge is 0.305 e. The van der Waals surface area contributed by atoms with Crippen LogP contribution in [-0.2, 0) is 14.3 Å². The van der Waals surface area contributed by atoms with E-state index in [1.807, 2.05) is 0 Å². The lowest BCUT2D eigenvalue weighted by Crippen LogP contribution is -2.45. The van der Waals surface area contributed by atoms with Gasteiger partial charge in [-0.1, -0.05) is 346 Å². The Balaban J connectivity index is 3.36. The molecule has 0 saturated carbocycles. The van der Waals surface area contributed by atoms with Crippen molar-refractivity contribution >= 4 is 11.9 Å². The third-order valence-electron chi connectivity index (χ3n) is 17.2. The molecule has 0 aliphatic heterocycles. The predicted molar refractivity (Wildman–Crippen MR) is 356 cm³/mol. The Morgan fingerprint density at radius 3 is 0.951 bits per heavy atom. The van der Waals surface area contributed by atoms with E-state index in [0.29, 0.717) is 25.9 Å². The first-order valence-electron chi connectivity index (χ1n) is 36.7. The van der Waals surface area contributed by atoms with Crippen LogP contribution in [0.3, 0.4) is 0 Å². The number of allylic oxidation sites excluding steroid dienone is 6. The molecule has 2 atom stereocenters. The first-order chi connectivity index (χ1) is 40.0. The van der Waals surface area contributed by atoms with Crippen LogP contribution in [0.15, 0.2) is 36.5 Å². The number of unbranched alkanes of at least 4 members (excludes halogenated alkanes) is 52. The van der Waals surface area contributed by atoms with E-state index in [-0.39, 0.29) is 18.5 Å². The van der Waals surface area contributed by atoms with Crippen LogP contribution in [0.1, 0.15) is 406 Å². The van der Waals surface area contributed by atoms with Gasteiger partial charge in [0.05, 0.1) is 25.4 Å². The molecule has 2 unspecified atom stereocenters. The van der Waals surface area contributed by atoms with Crippen molar-refractivity contribution in [2.45, 2.75) is 418 Å². The summed E-state index contributed by atoms with van der Waals surface area (Å²) in [6, 6.07) is -0.539. The third-order valence-corrected chi connectivity index (χ3v) is 17.2. The molecule has 1 amide bonds. The summed E-state index contributed by atoms with van der Waals surface area (Å²) in [4.78, 5) is 24.6. The Hall–Kier alpha value is -1.92. The molecule has 0 heterocycles. The summed E-state index contributed by atoms with van der Waals surface area (Å²) in [7, 11) is 0. The fraction of sp³-hybridized carbons (Fsp3) is 0.893. The number of aliphatic hydroxyl groups excluding tert-OH is 2. The van der Waals surface area contributed by atoms with Crippen molar-refractivity contribution in [3.63, 3.8) is 0 Å². The van der Waals surface area contributed by atoms with Gasteiger partial charge in [-0.05, 0) is 83.5 Å². The lowest BCUT2D eigenvalue weighted by Gasteiger charge is -2.22. The zero-order valence-corrected chi connectivity index (χ0v) is 54.8. The van der Waals surface area contributed by atoms with Gasteiger partial charge < -0.3 is 20.3 Å². The Bertz CT molecular complexity index is 1310. The average Bonchev–Trinajstić information content (AvgIpc) is 3.47. The Labute approximate surface area is 506 Å². The number of amides is 1. The summed E-state index contributed by atoms with van der Waals surface area (Å²) in [5.41, 5.74) is 0. The molecule has 3 N–H and O–H groups in total. The van der Waals surface area contributed by atoms with Gasteiger partial charge in [0.1, 0.15) is 0 Å². The van der Waals surface area contributed by atoms with Crippen LogP contribution in [0.2, 0.25) is 0 Å². The second-order valence-electron chi connectivity index (χ2n) is 25.3. The van der Waals surface area contributed by atoms with Crippen molar-refractivity contribution in [2.75, 3.05) is 13.2 Å². The van der Waals surface area contributed by atoms with Crippen LogP contribution in [0.25, 0.3) is 0 Å². The van der Waals surface area contributed by atoms with Crippen molar-refractivity contribution in [3.8, 4) is 0 Å². The van der Waals surface area contributed by atoms with E-state index in [1.165, 1.54) is 321 Å². The Morgan fingerprint density at radius 1 is 0.346 bits per heavy atom. The summed E-state index contributed by atoms with van der Waals surface area (Å²) < 4.78 is 5.50. The molecular formula is C75H143NO5. The summed E-state index contributed by atoms with van der Waals surface area (Å²) in [5.74, 6) is -0.0195. The highest BCUT2D eigenvalue weighted by Crippen LogP contribution is 2.19. The van der Waals surface area contributed by atoms with E-state index >= 15 is 0 Å². The number of hydrogen-bond acceptors (Lipinski definition) is 5. The summed E-state index contributed by atoms with van der Waals surface area (Å²) >= 11 is 0. The molecule has 0 aromatic rings. The van der Waals surface area contributed by atoms with Crippen molar-refractivity contribution in [1.29, 1.82) is 0 Å². The normalized spacial score (nSPS) is 12.7. The number of aliphatic hydroxyl groups is 2. The lowest BCUT2D eigenvalue weighted by molar-refractivity contribution is -0.143. The number of carbonyl (C=O) groups excluding carboxylic acids is 2. The highest BCUT2D eigenvalue weighted by molar-refractivity contribution is 5.76. The van der Waals surface area contributed by atoms with Crippen molar-refractivity contribution in [2.24, 2.45) is 0 Å². The minimum atomic E-state index is -0.662. The van der Waals surface area contributed by atoms with Gasteiger partial charge in [0.25, 0.3) is 0 Å². The molecule has 0 aromatic heterocycles. The van der Waals surface area contributed by atoms with Crippen molar-refractivity contribution in [3.05, 3.63) is 36.5 Å². The highest BCUT2D eigenvalue weighted by atomic mass is 16.5. The topological polar surface area (TPSA) is 95.9 Å². The first kappa shape index (κ1) is 79.1. The number of nitrogens with one attached hydrogen (secondary N) is 1. The van der Waals surface area contributed by atoms with Crippen LogP contribution >= 0.6 is 0 Å². The molecule has 0 aliphatic carbocycles. The van der Waals surface area contributed by atoms with E-state index in [4.69, 9.17) is 4.74 Å². The van der Waals surface area contributed by atoms with Gasteiger partial charge in [-0.2, -0.15) is 0 Å². The van der Waals surface area contributed by atoms with Crippen LogP contribution in [-0.4, -0.2) is 47.4 Å². The summed E-state index contributed by atoms with van der Waals surface area (Å²) in [6.07, 6.45) is 90.7. The third kappa shape index (κ3) is 67.1. The Morgan fingerprint density at radius 2 is 0.617 bits per heavy atom. The molecule has 0 aliphatic rings. The van der Waals surface area contributed by atoms with E-state index in [9.17, 15) is 19.8 Å². The molecule has 6 nitrogen and oxygen atoms in total. The molecule has 0 aromatic carbocycles. The average molecular weight is 1140 g/mol. The quantitative estimate of drug-likeness (QED) is 0.0320. The number of esters is 1. The van der Waals surface area contributed by atoms with Crippen molar-refractivity contribution < 1.29 is 24.5 Å². The van der Waals surface area contributed by atoms with Crippen LogP contribution in [0.4, 0.5) is 0 Å². The van der Waals surface area contributed by atoms with Gasteiger partial charge in [-0.15, -0.1) is 0 Å². The Kier molecular flexibility index (Phi) is 68.9. The molecule has 81 heavy (non-hydrogen) atoms. The fourth-order valence-corrected chi connectivity index (χ4v) is 11.6. The molecule has 0 bridgehead atoms. The second-order valence-corrected chi connectivity index (χ2v) is 25.3. The van der Waals surface area contributed by atoms with E-state index in [2.05, 4.69) is 55.6 Å². The van der Waals surface area contributed by atoms with Gasteiger partial charge in [-0.3, -0.25) is 9.59 Å². The largest absolute Gasteiger partial charge is 0.466 e. The molecule has 478 valence electrons. The van der Waals surface area contributed by atoms with E-state index < -0.39 is 12.1 Å². The van der Waals surface area contributed by atoms with Gasteiger partial charge in [0.15, 0.2) is 0 Å². The molecule has 0 radical (unpaired) electrons.